The fraction of sp³-hybridized carbons (Fsp3) is 0.250. The predicted molar refractivity (Wildman–Crippen MR) is 68.5 cm³/mol. The predicted octanol–water partition coefficient (Wildman–Crippen LogP) is 2.00. The highest BCUT2D eigenvalue weighted by atomic mass is 35.5. The number of hydrogen-bond donors (Lipinski definition) is 1. The first-order valence-electron chi connectivity index (χ1n) is 5.62. The van der Waals surface area contributed by atoms with Gasteiger partial charge in [0.1, 0.15) is 0 Å². The average Bonchev–Trinajstić information content (AvgIpc) is 2.34. The van der Waals surface area contributed by atoms with Crippen molar-refractivity contribution < 1.29 is 4.74 Å². The van der Waals surface area contributed by atoms with E-state index in [0.717, 1.165) is 5.56 Å². The summed E-state index contributed by atoms with van der Waals surface area (Å²) < 4.78 is 5.09. The Hall–Kier alpha value is -1.72. The quantitative estimate of drug-likeness (QED) is 0.917. The molecule has 1 fully saturated rings. The summed E-state index contributed by atoms with van der Waals surface area (Å²) in [5, 5.41) is 3.34. The van der Waals surface area contributed by atoms with Crippen molar-refractivity contribution in [2.24, 2.45) is 0 Å². The van der Waals surface area contributed by atoms with Gasteiger partial charge in [0.15, 0.2) is 5.82 Å². The SMILES string of the molecule is Clc1nc(NC2COC2)nc(-c2ccccc2)n1. The van der Waals surface area contributed by atoms with Crippen LogP contribution in [0.3, 0.4) is 0 Å². The second-order valence-electron chi connectivity index (χ2n) is 4.00. The Kier molecular flexibility index (Phi) is 3.08. The molecule has 1 aromatic heterocycles. The van der Waals surface area contributed by atoms with Crippen LogP contribution in [0.25, 0.3) is 11.4 Å². The molecule has 6 heteroatoms. The summed E-state index contributed by atoms with van der Waals surface area (Å²) in [6, 6.07) is 9.92. The minimum atomic E-state index is 0.187. The first kappa shape index (κ1) is 11.4. The Morgan fingerprint density at radius 2 is 1.89 bits per heavy atom. The normalized spacial score (nSPS) is 15.2. The van der Waals surface area contributed by atoms with Gasteiger partial charge in [0.2, 0.25) is 11.2 Å². The van der Waals surface area contributed by atoms with E-state index in [1.807, 2.05) is 30.3 Å². The largest absolute Gasteiger partial charge is 0.377 e. The monoisotopic (exact) mass is 262 g/mol. The number of nitrogens with one attached hydrogen (secondary N) is 1. The van der Waals surface area contributed by atoms with Crippen LogP contribution in [-0.2, 0) is 4.74 Å². The molecular formula is C12H11ClN4O. The lowest BCUT2D eigenvalue weighted by molar-refractivity contribution is 0.0208. The number of aromatic nitrogens is 3. The summed E-state index contributed by atoms with van der Waals surface area (Å²) in [6.45, 7) is 1.34. The second-order valence-corrected chi connectivity index (χ2v) is 4.33. The molecule has 0 amide bonds. The fourth-order valence-electron chi connectivity index (χ4n) is 1.63. The summed E-state index contributed by atoms with van der Waals surface area (Å²) in [7, 11) is 0. The zero-order valence-electron chi connectivity index (χ0n) is 9.51. The highest BCUT2D eigenvalue weighted by molar-refractivity contribution is 6.28. The first-order valence-corrected chi connectivity index (χ1v) is 6.00. The topological polar surface area (TPSA) is 59.9 Å². The van der Waals surface area contributed by atoms with Gasteiger partial charge in [0, 0.05) is 5.56 Å². The average molecular weight is 263 g/mol. The molecule has 0 aliphatic carbocycles. The van der Waals surface area contributed by atoms with Crippen molar-refractivity contribution in [2.75, 3.05) is 18.5 Å². The van der Waals surface area contributed by atoms with E-state index in [9.17, 15) is 0 Å². The smallest absolute Gasteiger partial charge is 0.227 e. The van der Waals surface area contributed by atoms with E-state index in [2.05, 4.69) is 20.3 Å². The molecule has 0 bridgehead atoms. The number of rotatable bonds is 3. The zero-order valence-corrected chi connectivity index (χ0v) is 10.3. The van der Waals surface area contributed by atoms with Crippen molar-refractivity contribution in [3.05, 3.63) is 35.6 Å². The summed E-state index contributed by atoms with van der Waals surface area (Å²) in [6.07, 6.45) is 0. The number of benzene rings is 1. The van der Waals surface area contributed by atoms with Gasteiger partial charge in [0.25, 0.3) is 0 Å². The molecule has 0 saturated carbocycles. The standard InChI is InChI=1S/C12H11ClN4O/c13-11-15-10(8-4-2-1-3-5-8)16-12(17-11)14-9-6-18-7-9/h1-5,9H,6-7H2,(H,14,15,16,17). The molecule has 18 heavy (non-hydrogen) atoms. The molecule has 2 heterocycles. The van der Waals surface area contributed by atoms with E-state index < -0.39 is 0 Å². The molecule has 0 radical (unpaired) electrons. The maximum Gasteiger partial charge on any atom is 0.227 e. The molecule has 5 nitrogen and oxygen atoms in total. The molecule has 1 saturated heterocycles. The Morgan fingerprint density at radius 1 is 1.11 bits per heavy atom. The van der Waals surface area contributed by atoms with Crippen molar-refractivity contribution in [3.63, 3.8) is 0 Å². The Labute approximate surface area is 109 Å². The summed E-state index contributed by atoms with van der Waals surface area (Å²) >= 11 is 5.91. The number of hydrogen-bond acceptors (Lipinski definition) is 5. The maximum absolute atomic E-state index is 5.91. The molecule has 1 aliphatic rings. The summed E-state index contributed by atoms with van der Waals surface area (Å²) in [5.41, 5.74) is 0.912. The van der Waals surface area contributed by atoms with Crippen molar-refractivity contribution in [1.29, 1.82) is 0 Å². The van der Waals surface area contributed by atoms with Crippen LogP contribution in [0.15, 0.2) is 30.3 Å². The third-order valence-corrected chi connectivity index (χ3v) is 2.78. The molecule has 3 rings (SSSR count). The number of ether oxygens (including phenoxy) is 1. The fourth-order valence-corrected chi connectivity index (χ4v) is 1.79. The third kappa shape index (κ3) is 2.42. The van der Waals surface area contributed by atoms with E-state index in [-0.39, 0.29) is 11.3 Å². The molecule has 0 unspecified atom stereocenters. The van der Waals surface area contributed by atoms with E-state index >= 15 is 0 Å². The summed E-state index contributed by atoms with van der Waals surface area (Å²) in [5.74, 6) is 1.06. The Balaban J connectivity index is 1.90. The minimum absolute atomic E-state index is 0.187. The Morgan fingerprint density at radius 3 is 2.56 bits per heavy atom. The molecule has 92 valence electrons. The van der Waals surface area contributed by atoms with Crippen LogP contribution in [0.5, 0.6) is 0 Å². The Bertz CT molecular complexity index is 545. The van der Waals surface area contributed by atoms with Gasteiger partial charge in [-0.15, -0.1) is 0 Å². The maximum atomic E-state index is 5.91. The van der Waals surface area contributed by atoms with Crippen LogP contribution in [0, 0.1) is 0 Å². The first-order chi connectivity index (χ1) is 8.81. The molecule has 0 atom stereocenters. The van der Waals surface area contributed by atoms with Crippen LogP contribution in [0.1, 0.15) is 0 Å². The summed E-state index contributed by atoms with van der Waals surface area (Å²) in [4.78, 5) is 12.5. The molecule has 1 aromatic carbocycles. The van der Waals surface area contributed by atoms with Crippen LogP contribution >= 0.6 is 11.6 Å². The van der Waals surface area contributed by atoms with E-state index in [1.54, 1.807) is 0 Å². The second kappa shape index (κ2) is 4.88. The van der Waals surface area contributed by atoms with E-state index in [4.69, 9.17) is 16.3 Å². The minimum Gasteiger partial charge on any atom is -0.377 e. The van der Waals surface area contributed by atoms with Crippen molar-refractivity contribution in [1.82, 2.24) is 15.0 Å². The van der Waals surface area contributed by atoms with Gasteiger partial charge in [-0.1, -0.05) is 30.3 Å². The van der Waals surface area contributed by atoms with Gasteiger partial charge in [0.05, 0.1) is 19.3 Å². The van der Waals surface area contributed by atoms with Gasteiger partial charge in [-0.2, -0.15) is 15.0 Å². The van der Waals surface area contributed by atoms with Gasteiger partial charge >= 0.3 is 0 Å². The van der Waals surface area contributed by atoms with Gasteiger partial charge in [-0.05, 0) is 11.6 Å². The highest BCUT2D eigenvalue weighted by Crippen LogP contribution is 2.18. The van der Waals surface area contributed by atoms with Crippen LogP contribution in [0.2, 0.25) is 5.28 Å². The van der Waals surface area contributed by atoms with Crippen LogP contribution in [-0.4, -0.2) is 34.2 Å². The lowest BCUT2D eigenvalue weighted by atomic mass is 10.2. The number of nitrogens with zero attached hydrogens (tertiary/aromatic N) is 3. The molecule has 1 N–H and O–H groups in total. The molecule has 2 aromatic rings. The molecule has 0 spiro atoms. The number of anilines is 1. The van der Waals surface area contributed by atoms with Crippen molar-refractivity contribution in [3.8, 4) is 11.4 Å². The lowest BCUT2D eigenvalue weighted by Gasteiger charge is -2.26. The van der Waals surface area contributed by atoms with E-state index in [0.29, 0.717) is 25.0 Å². The number of halogens is 1. The highest BCUT2D eigenvalue weighted by Gasteiger charge is 2.19. The van der Waals surface area contributed by atoms with E-state index in [1.165, 1.54) is 0 Å². The molecular weight excluding hydrogens is 252 g/mol. The van der Waals surface area contributed by atoms with Gasteiger partial charge in [-0.3, -0.25) is 0 Å². The lowest BCUT2D eigenvalue weighted by Crippen LogP contribution is -2.40. The van der Waals surface area contributed by atoms with Crippen LogP contribution < -0.4 is 5.32 Å². The third-order valence-electron chi connectivity index (χ3n) is 2.61. The van der Waals surface area contributed by atoms with Gasteiger partial charge in [-0.25, -0.2) is 0 Å². The van der Waals surface area contributed by atoms with Gasteiger partial charge < -0.3 is 10.1 Å². The van der Waals surface area contributed by atoms with Crippen LogP contribution in [0.4, 0.5) is 5.95 Å². The van der Waals surface area contributed by atoms with Crippen molar-refractivity contribution in [2.45, 2.75) is 6.04 Å². The molecule has 1 aliphatic heterocycles. The zero-order chi connectivity index (χ0) is 12.4. The van der Waals surface area contributed by atoms with Crippen molar-refractivity contribution >= 4 is 17.5 Å².